The molecule has 0 radical (unpaired) electrons. The van der Waals surface area contributed by atoms with Crippen LogP contribution < -0.4 is 5.32 Å². The number of fused-ring (bicyclic) bond motifs is 1. The summed E-state index contributed by atoms with van der Waals surface area (Å²) in [5.74, 6) is 0.959. The first-order chi connectivity index (χ1) is 11.2. The fourth-order valence-electron chi connectivity index (χ4n) is 2.79. The second-order valence-corrected chi connectivity index (χ2v) is 7.97. The van der Waals surface area contributed by atoms with Gasteiger partial charge in [-0.3, -0.25) is 4.79 Å². The Labute approximate surface area is 144 Å². The summed E-state index contributed by atoms with van der Waals surface area (Å²) < 4.78 is 0. The van der Waals surface area contributed by atoms with Crippen LogP contribution in [0.3, 0.4) is 0 Å². The largest absolute Gasteiger partial charge is 0.316 e. The Hall–Kier alpha value is -1.77. The molecule has 0 unspecified atom stereocenters. The molecule has 1 aliphatic carbocycles. The van der Waals surface area contributed by atoms with Gasteiger partial charge in [-0.2, -0.15) is 5.26 Å². The van der Waals surface area contributed by atoms with Gasteiger partial charge in [0.2, 0.25) is 5.91 Å². The van der Waals surface area contributed by atoms with Crippen molar-refractivity contribution in [2.75, 3.05) is 11.1 Å². The summed E-state index contributed by atoms with van der Waals surface area (Å²) in [5, 5.41) is 13.1. The highest BCUT2D eigenvalue weighted by atomic mass is 32.2. The van der Waals surface area contributed by atoms with Gasteiger partial charge >= 0.3 is 0 Å². The highest BCUT2D eigenvalue weighted by Crippen LogP contribution is 2.39. The molecule has 1 aromatic carbocycles. The van der Waals surface area contributed by atoms with E-state index in [4.69, 9.17) is 0 Å². The predicted molar refractivity (Wildman–Crippen MR) is 96.0 cm³/mol. The van der Waals surface area contributed by atoms with E-state index in [9.17, 15) is 10.1 Å². The highest BCUT2D eigenvalue weighted by molar-refractivity contribution is 8.00. The van der Waals surface area contributed by atoms with Crippen molar-refractivity contribution in [2.24, 2.45) is 5.92 Å². The Morgan fingerprint density at radius 3 is 2.96 bits per heavy atom. The summed E-state index contributed by atoms with van der Waals surface area (Å²) in [5.41, 5.74) is 1.83. The van der Waals surface area contributed by atoms with Crippen LogP contribution in [0.15, 0.2) is 35.2 Å². The van der Waals surface area contributed by atoms with Crippen LogP contribution in [0.2, 0.25) is 0 Å². The van der Waals surface area contributed by atoms with E-state index < -0.39 is 0 Å². The molecule has 118 valence electrons. The lowest BCUT2D eigenvalue weighted by atomic mass is 9.89. The molecule has 1 atom stereocenters. The van der Waals surface area contributed by atoms with Gasteiger partial charge in [0.05, 0.1) is 11.3 Å². The molecule has 23 heavy (non-hydrogen) atoms. The summed E-state index contributed by atoms with van der Waals surface area (Å²) in [4.78, 5) is 14.5. The Balaban J connectivity index is 1.68. The maximum absolute atomic E-state index is 12.2. The molecule has 0 fully saturated rings. The second kappa shape index (κ2) is 7.20. The van der Waals surface area contributed by atoms with Gasteiger partial charge in [0.25, 0.3) is 0 Å². The third-order valence-corrected chi connectivity index (χ3v) is 6.17. The minimum atomic E-state index is -0.0537. The van der Waals surface area contributed by atoms with Crippen molar-refractivity contribution in [2.45, 2.75) is 31.1 Å². The number of thioether (sulfide) groups is 1. The van der Waals surface area contributed by atoms with Crippen LogP contribution in [0.1, 0.15) is 29.3 Å². The third-order valence-electron chi connectivity index (χ3n) is 3.99. The number of carbonyl (C=O) groups excluding carboxylic acids is 1. The first kappa shape index (κ1) is 16.1. The van der Waals surface area contributed by atoms with Crippen molar-refractivity contribution in [3.05, 3.63) is 46.3 Å². The molecule has 0 aliphatic heterocycles. The fraction of sp³-hybridized carbons (Fsp3) is 0.333. The van der Waals surface area contributed by atoms with Gasteiger partial charge in [-0.1, -0.05) is 25.1 Å². The topological polar surface area (TPSA) is 52.9 Å². The minimum absolute atomic E-state index is 0.0537. The molecule has 1 aliphatic rings. The second-order valence-electron chi connectivity index (χ2n) is 5.82. The molecule has 0 saturated heterocycles. The van der Waals surface area contributed by atoms with E-state index in [0.717, 1.165) is 34.7 Å². The first-order valence-corrected chi connectivity index (χ1v) is 9.50. The smallest absolute Gasteiger partial charge is 0.235 e. The molecule has 1 amide bonds. The molecular formula is C18H18N2OS2. The van der Waals surface area contributed by atoms with E-state index >= 15 is 0 Å². The van der Waals surface area contributed by atoms with E-state index in [1.54, 1.807) is 11.3 Å². The number of carbonyl (C=O) groups is 1. The standard InChI is InChI=1S/C18H18N2OS2/c1-12-7-8-14-15(10-19)18(23-16(14)9-12)20-17(21)11-22-13-5-3-2-4-6-13/h2-6,12H,7-9,11H2,1H3,(H,20,21)/t12-/m0/s1. The number of hydrogen-bond acceptors (Lipinski definition) is 4. The van der Waals surface area contributed by atoms with Crippen LogP contribution in [0.4, 0.5) is 5.00 Å². The van der Waals surface area contributed by atoms with Crippen molar-refractivity contribution in [3.63, 3.8) is 0 Å². The van der Waals surface area contributed by atoms with E-state index in [-0.39, 0.29) is 5.91 Å². The Kier molecular flexibility index (Phi) is 5.04. The lowest BCUT2D eigenvalue weighted by Gasteiger charge is -2.17. The summed E-state index contributed by atoms with van der Waals surface area (Å²) >= 11 is 3.08. The van der Waals surface area contributed by atoms with E-state index in [0.29, 0.717) is 17.2 Å². The van der Waals surface area contributed by atoms with Crippen molar-refractivity contribution in [3.8, 4) is 6.07 Å². The zero-order chi connectivity index (χ0) is 16.2. The lowest BCUT2D eigenvalue weighted by molar-refractivity contribution is -0.113. The molecule has 0 bridgehead atoms. The molecule has 2 aromatic rings. The van der Waals surface area contributed by atoms with Gasteiger partial charge in [0.1, 0.15) is 11.1 Å². The van der Waals surface area contributed by atoms with Gasteiger partial charge in [0.15, 0.2) is 0 Å². The summed E-state index contributed by atoms with van der Waals surface area (Å²) in [6.07, 6.45) is 3.09. The number of thiophene rings is 1. The number of benzene rings is 1. The number of rotatable bonds is 4. The maximum Gasteiger partial charge on any atom is 0.235 e. The number of nitrogens with zero attached hydrogens (tertiary/aromatic N) is 1. The van der Waals surface area contributed by atoms with Gasteiger partial charge in [-0.25, -0.2) is 0 Å². The molecule has 3 nitrogen and oxygen atoms in total. The predicted octanol–water partition coefficient (Wildman–Crippen LogP) is 4.48. The van der Waals surface area contributed by atoms with Crippen LogP contribution >= 0.6 is 23.1 Å². The summed E-state index contributed by atoms with van der Waals surface area (Å²) in [7, 11) is 0. The molecular weight excluding hydrogens is 324 g/mol. The molecule has 0 spiro atoms. The fourth-order valence-corrected chi connectivity index (χ4v) is 4.88. The van der Waals surface area contributed by atoms with Gasteiger partial charge in [-0.05, 0) is 42.9 Å². The van der Waals surface area contributed by atoms with Gasteiger partial charge in [0, 0.05) is 9.77 Å². The van der Waals surface area contributed by atoms with E-state index in [2.05, 4.69) is 18.3 Å². The van der Waals surface area contributed by atoms with Crippen LogP contribution in [-0.2, 0) is 17.6 Å². The number of hydrogen-bond donors (Lipinski definition) is 1. The molecule has 1 heterocycles. The normalized spacial score (nSPS) is 16.4. The summed E-state index contributed by atoms with van der Waals surface area (Å²) in [6.45, 7) is 2.24. The zero-order valence-electron chi connectivity index (χ0n) is 13.0. The Morgan fingerprint density at radius 1 is 1.43 bits per heavy atom. The minimum Gasteiger partial charge on any atom is -0.316 e. The molecule has 0 saturated carbocycles. The van der Waals surface area contributed by atoms with E-state index in [1.807, 2.05) is 30.3 Å². The van der Waals surface area contributed by atoms with Crippen LogP contribution in [0.25, 0.3) is 0 Å². The number of nitrogens with one attached hydrogen (secondary N) is 1. The Bertz CT molecular complexity index is 746. The van der Waals surface area contributed by atoms with Gasteiger partial charge < -0.3 is 5.32 Å². The molecule has 3 rings (SSSR count). The van der Waals surface area contributed by atoms with Crippen molar-refractivity contribution < 1.29 is 4.79 Å². The average Bonchev–Trinajstić information content (AvgIpc) is 2.89. The molecule has 5 heteroatoms. The van der Waals surface area contributed by atoms with Crippen LogP contribution in [0, 0.1) is 17.2 Å². The van der Waals surface area contributed by atoms with Crippen molar-refractivity contribution in [1.82, 2.24) is 0 Å². The van der Waals surface area contributed by atoms with Crippen molar-refractivity contribution in [1.29, 1.82) is 5.26 Å². The SMILES string of the molecule is C[C@H]1CCc2c(sc(NC(=O)CSc3ccccc3)c2C#N)C1. The van der Waals surface area contributed by atoms with E-state index in [1.165, 1.54) is 16.6 Å². The maximum atomic E-state index is 12.2. The lowest BCUT2D eigenvalue weighted by Crippen LogP contribution is -2.14. The quantitative estimate of drug-likeness (QED) is 0.834. The van der Waals surface area contributed by atoms with Crippen LogP contribution in [-0.4, -0.2) is 11.7 Å². The number of amides is 1. The Morgan fingerprint density at radius 2 is 2.22 bits per heavy atom. The van der Waals surface area contributed by atoms with Gasteiger partial charge in [-0.15, -0.1) is 23.1 Å². The summed E-state index contributed by atoms with van der Waals surface area (Å²) in [6, 6.07) is 12.1. The third kappa shape index (κ3) is 3.77. The average molecular weight is 342 g/mol. The highest BCUT2D eigenvalue weighted by Gasteiger charge is 2.24. The van der Waals surface area contributed by atoms with Crippen molar-refractivity contribution >= 4 is 34.0 Å². The molecule has 1 N–H and O–H groups in total. The monoisotopic (exact) mass is 342 g/mol. The number of nitriles is 1. The zero-order valence-corrected chi connectivity index (χ0v) is 14.6. The van der Waals surface area contributed by atoms with Crippen LogP contribution in [0.5, 0.6) is 0 Å². The first-order valence-electron chi connectivity index (χ1n) is 7.69. The molecule has 1 aromatic heterocycles. The number of anilines is 1.